The zero-order valence-corrected chi connectivity index (χ0v) is 12.1. The smallest absolute Gasteiger partial charge is 0.138 e. The predicted octanol–water partition coefficient (Wildman–Crippen LogP) is 3.16. The van der Waals surface area contributed by atoms with Crippen molar-refractivity contribution in [3.8, 4) is 0 Å². The first kappa shape index (κ1) is 13.2. The van der Waals surface area contributed by atoms with E-state index in [1.54, 1.807) is 11.3 Å². The minimum absolute atomic E-state index is 0.239. The first-order valence-corrected chi connectivity index (χ1v) is 7.03. The molecular weight excluding hydrogens is 246 g/mol. The third-order valence-corrected chi connectivity index (χ3v) is 4.15. The Bertz CT molecular complexity index is 499. The van der Waals surface area contributed by atoms with Crippen molar-refractivity contribution in [2.45, 2.75) is 46.7 Å². The molecule has 2 rings (SSSR count). The lowest BCUT2D eigenvalue weighted by Crippen LogP contribution is -2.18. The standard InChI is InChI=1S/C13H19N3OS/c1-5-12-15-7-11(18-12)6-14-8(2)13-9(3)16-17-10(13)4/h7-8,14H,5-6H2,1-4H3. The molecule has 0 saturated heterocycles. The van der Waals surface area contributed by atoms with Crippen LogP contribution in [-0.4, -0.2) is 10.1 Å². The molecule has 18 heavy (non-hydrogen) atoms. The second-order valence-corrected chi connectivity index (χ2v) is 5.61. The summed E-state index contributed by atoms with van der Waals surface area (Å²) in [6.07, 6.45) is 2.96. The lowest BCUT2D eigenvalue weighted by molar-refractivity contribution is 0.390. The van der Waals surface area contributed by atoms with Crippen molar-refractivity contribution >= 4 is 11.3 Å². The van der Waals surface area contributed by atoms with Gasteiger partial charge in [0.05, 0.1) is 10.7 Å². The van der Waals surface area contributed by atoms with E-state index in [1.165, 1.54) is 9.88 Å². The zero-order chi connectivity index (χ0) is 13.1. The Kier molecular flexibility index (Phi) is 4.14. The second-order valence-electron chi connectivity index (χ2n) is 4.41. The molecule has 0 aliphatic rings. The van der Waals surface area contributed by atoms with Gasteiger partial charge in [0.25, 0.3) is 0 Å². The molecule has 0 fully saturated rings. The third kappa shape index (κ3) is 2.79. The van der Waals surface area contributed by atoms with Gasteiger partial charge in [-0.1, -0.05) is 12.1 Å². The molecule has 0 aromatic carbocycles. The summed E-state index contributed by atoms with van der Waals surface area (Å²) in [6, 6.07) is 0.239. The lowest BCUT2D eigenvalue weighted by atomic mass is 10.1. The number of aryl methyl sites for hydroxylation is 3. The van der Waals surface area contributed by atoms with Crippen LogP contribution in [0.4, 0.5) is 0 Å². The SMILES string of the molecule is CCc1ncc(CNC(C)c2c(C)noc2C)s1. The molecule has 0 amide bonds. The molecule has 0 radical (unpaired) electrons. The van der Waals surface area contributed by atoms with Gasteiger partial charge in [-0.2, -0.15) is 0 Å². The number of nitrogens with one attached hydrogen (secondary N) is 1. The van der Waals surface area contributed by atoms with Crippen LogP contribution in [-0.2, 0) is 13.0 Å². The fourth-order valence-electron chi connectivity index (χ4n) is 2.06. The fraction of sp³-hybridized carbons (Fsp3) is 0.538. The van der Waals surface area contributed by atoms with Crippen molar-refractivity contribution in [2.75, 3.05) is 0 Å². The molecule has 1 atom stereocenters. The number of hydrogen-bond acceptors (Lipinski definition) is 5. The van der Waals surface area contributed by atoms with E-state index >= 15 is 0 Å². The van der Waals surface area contributed by atoms with Crippen LogP contribution in [0, 0.1) is 13.8 Å². The van der Waals surface area contributed by atoms with Crippen LogP contribution in [0.5, 0.6) is 0 Å². The highest BCUT2D eigenvalue weighted by Gasteiger charge is 2.16. The average molecular weight is 265 g/mol. The Morgan fingerprint density at radius 1 is 1.44 bits per heavy atom. The maximum Gasteiger partial charge on any atom is 0.138 e. The molecule has 1 unspecified atom stereocenters. The second kappa shape index (κ2) is 5.63. The van der Waals surface area contributed by atoms with Gasteiger partial charge in [0.15, 0.2) is 0 Å². The molecule has 98 valence electrons. The summed E-state index contributed by atoms with van der Waals surface area (Å²) in [4.78, 5) is 5.63. The molecule has 0 aliphatic carbocycles. The maximum absolute atomic E-state index is 5.19. The number of thiazole rings is 1. The van der Waals surface area contributed by atoms with Crippen LogP contribution in [0.3, 0.4) is 0 Å². The van der Waals surface area contributed by atoms with Crippen molar-refractivity contribution in [3.05, 3.63) is 33.1 Å². The van der Waals surface area contributed by atoms with Crippen LogP contribution in [0.15, 0.2) is 10.7 Å². The molecule has 0 bridgehead atoms. The van der Waals surface area contributed by atoms with Crippen molar-refractivity contribution in [3.63, 3.8) is 0 Å². The normalized spacial score (nSPS) is 12.9. The number of aromatic nitrogens is 2. The predicted molar refractivity (Wildman–Crippen MR) is 72.7 cm³/mol. The fourth-order valence-corrected chi connectivity index (χ4v) is 2.87. The molecule has 2 aromatic heterocycles. The molecule has 0 saturated carbocycles. The Hall–Kier alpha value is -1.20. The lowest BCUT2D eigenvalue weighted by Gasteiger charge is -2.12. The van der Waals surface area contributed by atoms with Crippen LogP contribution in [0.25, 0.3) is 0 Å². The Balaban J connectivity index is 1.98. The van der Waals surface area contributed by atoms with E-state index in [1.807, 2.05) is 20.0 Å². The molecule has 0 aliphatic heterocycles. The molecule has 2 aromatic rings. The summed E-state index contributed by atoms with van der Waals surface area (Å²) in [5.74, 6) is 0.894. The molecule has 0 spiro atoms. The van der Waals surface area contributed by atoms with Crippen molar-refractivity contribution in [1.29, 1.82) is 0 Å². The van der Waals surface area contributed by atoms with Crippen molar-refractivity contribution < 1.29 is 4.52 Å². The summed E-state index contributed by atoms with van der Waals surface area (Å²) >= 11 is 1.77. The van der Waals surface area contributed by atoms with Gasteiger partial charge in [0.1, 0.15) is 5.76 Å². The van der Waals surface area contributed by atoms with Gasteiger partial charge in [-0.25, -0.2) is 4.98 Å². The van der Waals surface area contributed by atoms with E-state index in [4.69, 9.17) is 4.52 Å². The quantitative estimate of drug-likeness (QED) is 0.902. The monoisotopic (exact) mass is 265 g/mol. The Labute approximate surface area is 111 Å². The van der Waals surface area contributed by atoms with Gasteiger partial charge in [-0.15, -0.1) is 11.3 Å². The van der Waals surface area contributed by atoms with Crippen LogP contribution < -0.4 is 5.32 Å². The van der Waals surface area contributed by atoms with Gasteiger partial charge < -0.3 is 9.84 Å². The third-order valence-electron chi connectivity index (χ3n) is 3.01. The first-order valence-electron chi connectivity index (χ1n) is 6.21. The number of rotatable bonds is 5. The van der Waals surface area contributed by atoms with Crippen LogP contribution in [0.2, 0.25) is 0 Å². The number of hydrogen-bond donors (Lipinski definition) is 1. The van der Waals surface area contributed by atoms with Gasteiger partial charge in [-0.3, -0.25) is 0 Å². The van der Waals surface area contributed by atoms with Gasteiger partial charge in [0, 0.05) is 29.2 Å². The maximum atomic E-state index is 5.19. The van der Waals surface area contributed by atoms with E-state index in [-0.39, 0.29) is 6.04 Å². The van der Waals surface area contributed by atoms with E-state index < -0.39 is 0 Å². The Morgan fingerprint density at radius 2 is 2.22 bits per heavy atom. The van der Waals surface area contributed by atoms with E-state index in [9.17, 15) is 0 Å². The average Bonchev–Trinajstić information content (AvgIpc) is 2.93. The minimum atomic E-state index is 0.239. The largest absolute Gasteiger partial charge is 0.361 e. The molecule has 4 nitrogen and oxygen atoms in total. The van der Waals surface area contributed by atoms with Crippen molar-refractivity contribution in [1.82, 2.24) is 15.5 Å². The summed E-state index contributed by atoms with van der Waals surface area (Å²) < 4.78 is 5.19. The highest BCUT2D eigenvalue weighted by molar-refractivity contribution is 7.11. The number of nitrogens with zero attached hydrogens (tertiary/aromatic N) is 2. The summed E-state index contributed by atoms with van der Waals surface area (Å²) in [5.41, 5.74) is 2.13. The summed E-state index contributed by atoms with van der Waals surface area (Å²) in [7, 11) is 0. The zero-order valence-electron chi connectivity index (χ0n) is 11.3. The van der Waals surface area contributed by atoms with E-state index in [0.717, 1.165) is 30.0 Å². The molecule has 1 N–H and O–H groups in total. The minimum Gasteiger partial charge on any atom is -0.361 e. The molecule has 2 heterocycles. The van der Waals surface area contributed by atoms with Gasteiger partial charge in [-0.05, 0) is 27.2 Å². The first-order chi connectivity index (χ1) is 8.61. The molecular formula is C13H19N3OS. The summed E-state index contributed by atoms with van der Waals surface area (Å²) in [5, 5.41) is 8.67. The van der Waals surface area contributed by atoms with Crippen molar-refractivity contribution in [2.24, 2.45) is 0 Å². The highest BCUT2D eigenvalue weighted by atomic mass is 32.1. The topological polar surface area (TPSA) is 51.0 Å². The van der Waals surface area contributed by atoms with E-state index in [2.05, 4.69) is 29.3 Å². The molecule has 5 heteroatoms. The van der Waals surface area contributed by atoms with Crippen LogP contribution in [0.1, 0.15) is 46.8 Å². The van der Waals surface area contributed by atoms with E-state index in [0.29, 0.717) is 0 Å². The highest BCUT2D eigenvalue weighted by Crippen LogP contribution is 2.22. The summed E-state index contributed by atoms with van der Waals surface area (Å²) in [6.45, 7) is 9.03. The van der Waals surface area contributed by atoms with Gasteiger partial charge >= 0.3 is 0 Å². The Morgan fingerprint density at radius 3 is 2.78 bits per heavy atom. The van der Waals surface area contributed by atoms with Crippen LogP contribution >= 0.6 is 11.3 Å². The van der Waals surface area contributed by atoms with Gasteiger partial charge in [0.2, 0.25) is 0 Å².